The van der Waals surface area contributed by atoms with Gasteiger partial charge in [-0.1, -0.05) is 6.07 Å². The first-order valence-electron chi connectivity index (χ1n) is 12.3. The van der Waals surface area contributed by atoms with Crippen LogP contribution in [0.5, 0.6) is 5.75 Å². The summed E-state index contributed by atoms with van der Waals surface area (Å²) >= 11 is -5.75. The highest BCUT2D eigenvalue weighted by atomic mass is 32.2. The van der Waals surface area contributed by atoms with Gasteiger partial charge in [-0.3, -0.25) is 17.5 Å². The summed E-state index contributed by atoms with van der Waals surface area (Å²) < 4.78 is 112. The average molecular weight is 704 g/mol. The first-order chi connectivity index (χ1) is 21.5. The summed E-state index contributed by atoms with van der Waals surface area (Å²) in [6.07, 6.45) is 0. The Kier molecular flexibility index (Phi) is 8.81. The molecule has 0 aliphatic carbocycles. The highest BCUT2D eigenvalue weighted by Crippen LogP contribution is 2.43. The summed E-state index contributed by atoms with van der Waals surface area (Å²) in [6, 6.07) is 14.2. The van der Waals surface area contributed by atoms with E-state index in [4.69, 9.17) is 10.3 Å². The molecule has 0 aliphatic heterocycles. The standard InChI is InChI=1S/C26H19N5O11S4/c27-20-12-18-13(9-23(20)43(33)34)10-24(44(35)36)25(26(18)32)31-30-22-8-7-21(17-6-5-16(11-19(17)22)46(40,41)42)29-28-14-1-3-15(4-2-14)45(37,38)39/h1-12,32H,27H2,(H,33,34)(H,35,36)(H,37,38,39)(H,40,41,42)/p-2. The van der Waals surface area contributed by atoms with E-state index in [1.165, 1.54) is 30.3 Å². The lowest BCUT2D eigenvalue weighted by atomic mass is 10.1. The van der Waals surface area contributed by atoms with E-state index in [9.17, 15) is 44.0 Å². The second kappa shape index (κ2) is 12.3. The highest BCUT2D eigenvalue weighted by Gasteiger charge is 2.18. The molecule has 0 saturated carbocycles. The number of phenols is 1. The Bertz CT molecular complexity index is 2400. The lowest BCUT2D eigenvalue weighted by Gasteiger charge is -2.15. The number of benzene rings is 5. The van der Waals surface area contributed by atoms with Gasteiger partial charge in [0.25, 0.3) is 20.2 Å². The van der Waals surface area contributed by atoms with Crippen LogP contribution in [-0.4, -0.2) is 48.6 Å². The number of azo groups is 2. The lowest BCUT2D eigenvalue weighted by molar-refractivity contribution is 0.479. The molecule has 20 heteroatoms. The van der Waals surface area contributed by atoms with E-state index in [1.807, 2.05) is 0 Å². The number of rotatable bonds is 8. The molecule has 46 heavy (non-hydrogen) atoms. The maximum Gasteiger partial charge on any atom is 0.294 e. The van der Waals surface area contributed by atoms with Crippen LogP contribution in [-0.2, 0) is 42.4 Å². The first-order valence-corrected chi connectivity index (χ1v) is 17.3. The quantitative estimate of drug-likeness (QED) is 0.0712. The summed E-state index contributed by atoms with van der Waals surface area (Å²) in [4.78, 5) is -1.76. The minimum Gasteiger partial charge on any atom is -0.768 e. The zero-order valence-corrected chi connectivity index (χ0v) is 25.8. The van der Waals surface area contributed by atoms with E-state index in [0.29, 0.717) is 0 Å². The molecule has 16 nitrogen and oxygen atoms in total. The van der Waals surface area contributed by atoms with E-state index >= 15 is 0 Å². The van der Waals surface area contributed by atoms with Gasteiger partial charge < -0.3 is 19.9 Å². The SMILES string of the molecule is Nc1cc2c(O)c(N=Nc3ccc(N=Nc4ccc(S(=O)(=O)O)cc4)c4ccc(S(=O)(=O)O)cc34)c(S(=O)[O-])cc2cc1S(=O)[O-]. The van der Waals surface area contributed by atoms with Crippen molar-refractivity contribution in [2.24, 2.45) is 20.5 Å². The highest BCUT2D eigenvalue weighted by molar-refractivity contribution is 7.86. The van der Waals surface area contributed by atoms with Crippen molar-refractivity contribution in [3.63, 3.8) is 0 Å². The Labute approximate surface area is 264 Å². The van der Waals surface area contributed by atoms with Crippen LogP contribution in [0.1, 0.15) is 0 Å². The van der Waals surface area contributed by atoms with E-state index < -0.39 is 63.6 Å². The third-order valence-corrected chi connectivity index (χ3v) is 9.55. The molecule has 5 rings (SSSR count). The molecule has 5 aromatic carbocycles. The molecular formula is C26H17N5O11S4-2. The molecule has 0 aromatic heterocycles. The average Bonchev–Trinajstić information content (AvgIpc) is 2.98. The second-order valence-electron chi connectivity index (χ2n) is 9.31. The van der Waals surface area contributed by atoms with Crippen LogP contribution in [0.2, 0.25) is 0 Å². The van der Waals surface area contributed by atoms with Crippen molar-refractivity contribution in [1.29, 1.82) is 0 Å². The number of anilines is 1. The number of fused-ring (bicyclic) bond motifs is 2. The number of hydrogen-bond acceptors (Lipinski definition) is 14. The van der Waals surface area contributed by atoms with Gasteiger partial charge in [-0.15, -0.1) is 15.3 Å². The molecule has 0 spiro atoms. The Balaban J connectivity index is 1.65. The normalized spacial score (nSPS) is 14.0. The van der Waals surface area contributed by atoms with Crippen molar-refractivity contribution < 1.29 is 48.6 Å². The van der Waals surface area contributed by atoms with Gasteiger partial charge in [0, 0.05) is 26.7 Å². The Morgan fingerprint density at radius 2 is 1.17 bits per heavy atom. The minimum atomic E-state index is -4.70. The molecule has 2 atom stereocenters. The Hall–Kier alpha value is -4.54. The summed E-state index contributed by atoms with van der Waals surface area (Å²) in [7, 11) is -9.13. The summed E-state index contributed by atoms with van der Waals surface area (Å²) in [5.41, 5.74) is 5.31. The van der Waals surface area contributed by atoms with Gasteiger partial charge in [0.1, 0.15) is 5.69 Å². The Morgan fingerprint density at radius 3 is 1.76 bits per heavy atom. The number of phenolic OH excluding ortho intramolecular Hbond substituents is 1. The number of hydrogen-bond donors (Lipinski definition) is 4. The van der Waals surface area contributed by atoms with Crippen molar-refractivity contribution in [3.05, 3.63) is 72.8 Å². The monoisotopic (exact) mass is 703 g/mol. The summed E-state index contributed by atoms with van der Waals surface area (Å²) in [6.45, 7) is 0. The van der Waals surface area contributed by atoms with Crippen molar-refractivity contribution in [2.45, 2.75) is 19.6 Å². The minimum absolute atomic E-state index is 0.0228. The first kappa shape index (κ1) is 32.8. The van der Waals surface area contributed by atoms with Crippen LogP contribution in [0.3, 0.4) is 0 Å². The summed E-state index contributed by atoms with van der Waals surface area (Å²) in [5, 5.41) is 27.3. The number of nitrogens with two attached hydrogens (primary N) is 1. The van der Waals surface area contributed by atoms with E-state index in [0.717, 1.165) is 42.5 Å². The molecule has 0 heterocycles. The predicted molar refractivity (Wildman–Crippen MR) is 163 cm³/mol. The topological polar surface area (TPSA) is 285 Å². The maximum atomic E-state index is 12.1. The van der Waals surface area contributed by atoms with Gasteiger partial charge in [0.2, 0.25) is 0 Å². The number of nitrogen functional groups attached to an aromatic ring is 1. The van der Waals surface area contributed by atoms with Gasteiger partial charge in [0.05, 0.1) is 31.7 Å². The smallest absolute Gasteiger partial charge is 0.294 e. The maximum absolute atomic E-state index is 12.1. The molecule has 0 fully saturated rings. The molecule has 2 unspecified atom stereocenters. The largest absolute Gasteiger partial charge is 0.768 e. The molecule has 0 bridgehead atoms. The van der Waals surface area contributed by atoms with E-state index in [2.05, 4.69) is 20.5 Å². The van der Waals surface area contributed by atoms with Crippen LogP contribution >= 0.6 is 0 Å². The summed E-state index contributed by atoms with van der Waals surface area (Å²) in [5.74, 6) is -0.691. The van der Waals surface area contributed by atoms with Crippen molar-refractivity contribution >= 4 is 92.4 Å². The molecular weight excluding hydrogens is 687 g/mol. The molecule has 5 N–H and O–H groups in total. The molecule has 0 saturated heterocycles. The molecule has 0 radical (unpaired) electrons. The fourth-order valence-electron chi connectivity index (χ4n) is 4.29. The predicted octanol–water partition coefficient (Wildman–Crippen LogP) is 5.08. The van der Waals surface area contributed by atoms with Gasteiger partial charge in [0.15, 0.2) is 5.75 Å². The zero-order chi connectivity index (χ0) is 33.6. The van der Waals surface area contributed by atoms with Crippen LogP contribution in [0.15, 0.2) is 113 Å². The van der Waals surface area contributed by atoms with Crippen LogP contribution in [0, 0.1) is 0 Å². The third-order valence-electron chi connectivity index (χ3n) is 6.45. The zero-order valence-electron chi connectivity index (χ0n) is 22.5. The van der Waals surface area contributed by atoms with Crippen LogP contribution in [0.4, 0.5) is 28.4 Å². The van der Waals surface area contributed by atoms with Gasteiger partial charge >= 0.3 is 0 Å². The number of aromatic hydroxyl groups is 1. The molecule has 5 aromatic rings. The van der Waals surface area contributed by atoms with Gasteiger partial charge in [-0.05, 0) is 94.3 Å². The molecule has 238 valence electrons. The second-order valence-corrected chi connectivity index (χ2v) is 14.0. The van der Waals surface area contributed by atoms with Gasteiger partial charge in [-0.2, -0.15) is 21.9 Å². The van der Waals surface area contributed by atoms with E-state index in [1.54, 1.807) is 0 Å². The fourth-order valence-corrected chi connectivity index (χ4v) is 6.27. The third kappa shape index (κ3) is 6.68. The molecule has 0 aliphatic rings. The van der Waals surface area contributed by atoms with Crippen molar-refractivity contribution in [3.8, 4) is 5.75 Å². The van der Waals surface area contributed by atoms with Gasteiger partial charge in [-0.25, -0.2) is 0 Å². The van der Waals surface area contributed by atoms with Crippen molar-refractivity contribution in [1.82, 2.24) is 0 Å². The van der Waals surface area contributed by atoms with Crippen LogP contribution < -0.4 is 5.73 Å². The molecule has 0 amide bonds. The van der Waals surface area contributed by atoms with Crippen molar-refractivity contribution in [2.75, 3.05) is 5.73 Å². The lowest BCUT2D eigenvalue weighted by Crippen LogP contribution is -1.98. The van der Waals surface area contributed by atoms with E-state index in [-0.39, 0.29) is 54.1 Å². The number of nitrogens with zero attached hydrogens (tertiary/aromatic N) is 4. The fraction of sp³-hybridized carbons (Fsp3) is 0. The Morgan fingerprint density at radius 1 is 0.630 bits per heavy atom. The van der Waals surface area contributed by atoms with Crippen LogP contribution in [0.25, 0.3) is 21.5 Å².